The minimum atomic E-state index is -0.595. The van der Waals surface area contributed by atoms with E-state index in [0.717, 1.165) is 5.56 Å². The number of ether oxygens (including phenoxy) is 4. The Hall–Kier alpha value is -3.50. The molecule has 0 radical (unpaired) electrons. The average Bonchev–Trinajstić information content (AvgIpc) is 2.81. The van der Waals surface area contributed by atoms with Crippen molar-refractivity contribution in [3.05, 3.63) is 35.4 Å². The molecule has 0 heterocycles. The Kier molecular flexibility index (Phi) is 13.4. The standard InChI is InChI=1S/C27H43N3O8/c1-26(2,3)37-23(32)28-15-8-9-17-30(18-10-16-29-24(33)38-27(4,5)6)25(34)36-19-20-11-13-21(14-12-20)22(31)35-7/h11-14H,8-10,15-19H2,1-7H3,(H,28,32)(H,29,33). The quantitative estimate of drug-likeness (QED) is 0.224. The second-order valence-electron chi connectivity index (χ2n) is 10.6. The highest BCUT2D eigenvalue weighted by molar-refractivity contribution is 5.89. The van der Waals surface area contributed by atoms with E-state index in [2.05, 4.69) is 15.4 Å². The van der Waals surface area contributed by atoms with Gasteiger partial charge in [-0.3, -0.25) is 0 Å². The van der Waals surface area contributed by atoms with Crippen LogP contribution in [0.3, 0.4) is 0 Å². The van der Waals surface area contributed by atoms with Gasteiger partial charge in [0.25, 0.3) is 0 Å². The number of benzene rings is 1. The fourth-order valence-electron chi connectivity index (χ4n) is 3.09. The Balaban J connectivity index is 2.59. The largest absolute Gasteiger partial charge is 0.465 e. The van der Waals surface area contributed by atoms with Crippen molar-refractivity contribution in [3.63, 3.8) is 0 Å². The van der Waals surface area contributed by atoms with Gasteiger partial charge in [-0.25, -0.2) is 19.2 Å². The fourth-order valence-corrected chi connectivity index (χ4v) is 3.09. The van der Waals surface area contributed by atoms with E-state index in [1.165, 1.54) is 7.11 Å². The van der Waals surface area contributed by atoms with Crippen LogP contribution >= 0.6 is 0 Å². The Morgan fingerprint density at radius 3 is 1.76 bits per heavy atom. The molecule has 0 unspecified atom stereocenters. The lowest BCUT2D eigenvalue weighted by atomic mass is 10.1. The van der Waals surface area contributed by atoms with Crippen molar-refractivity contribution in [1.29, 1.82) is 0 Å². The Morgan fingerprint density at radius 1 is 0.763 bits per heavy atom. The molecule has 0 aromatic heterocycles. The fraction of sp³-hybridized carbons (Fsp3) is 0.630. The highest BCUT2D eigenvalue weighted by atomic mass is 16.6. The number of nitrogens with one attached hydrogen (secondary N) is 2. The zero-order valence-corrected chi connectivity index (χ0v) is 23.7. The molecule has 1 aromatic carbocycles. The summed E-state index contributed by atoms with van der Waals surface area (Å²) in [4.78, 5) is 49.6. The minimum Gasteiger partial charge on any atom is -0.465 e. The minimum absolute atomic E-state index is 0.0349. The molecule has 38 heavy (non-hydrogen) atoms. The van der Waals surface area contributed by atoms with E-state index in [1.54, 1.807) is 70.7 Å². The number of unbranched alkanes of at least 4 members (excludes halogenated alkanes) is 1. The second kappa shape index (κ2) is 15.7. The number of hydrogen-bond donors (Lipinski definition) is 2. The molecule has 0 spiro atoms. The normalized spacial score (nSPS) is 11.2. The van der Waals surface area contributed by atoms with E-state index in [-0.39, 0.29) is 6.61 Å². The van der Waals surface area contributed by atoms with Crippen LogP contribution in [0.1, 0.15) is 76.7 Å². The van der Waals surface area contributed by atoms with Gasteiger partial charge in [0.2, 0.25) is 0 Å². The number of carbonyl (C=O) groups excluding carboxylic acids is 4. The molecule has 0 aliphatic carbocycles. The van der Waals surface area contributed by atoms with E-state index in [4.69, 9.17) is 14.2 Å². The smallest absolute Gasteiger partial charge is 0.410 e. The Bertz CT molecular complexity index is 904. The van der Waals surface area contributed by atoms with Gasteiger partial charge in [0, 0.05) is 26.2 Å². The van der Waals surface area contributed by atoms with Crippen molar-refractivity contribution in [3.8, 4) is 0 Å². The molecule has 0 fully saturated rings. The lowest BCUT2D eigenvalue weighted by Crippen LogP contribution is -2.37. The molecule has 0 aliphatic heterocycles. The number of methoxy groups -OCH3 is 1. The molecule has 214 valence electrons. The van der Waals surface area contributed by atoms with Gasteiger partial charge in [0.05, 0.1) is 12.7 Å². The van der Waals surface area contributed by atoms with Crippen molar-refractivity contribution < 1.29 is 38.1 Å². The van der Waals surface area contributed by atoms with Gasteiger partial charge in [-0.2, -0.15) is 0 Å². The highest BCUT2D eigenvalue weighted by Gasteiger charge is 2.18. The predicted molar refractivity (Wildman–Crippen MR) is 142 cm³/mol. The monoisotopic (exact) mass is 537 g/mol. The van der Waals surface area contributed by atoms with Crippen LogP contribution in [0.15, 0.2) is 24.3 Å². The van der Waals surface area contributed by atoms with Gasteiger partial charge in [-0.15, -0.1) is 0 Å². The van der Waals surface area contributed by atoms with Crippen molar-refractivity contribution in [2.24, 2.45) is 0 Å². The first-order valence-corrected chi connectivity index (χ1v) is 12.7. The first-order chi connectivity index (χ1) is 17.7. The third kappa shape index (κ3) is 14.9. The van der Waals surface area contributed by atoms with Gasteiger partial charge < -0.3 is 34.5 Å². The molecule has 0 atom stereocenters. The lowest BCUT2D eigenvalue weighted by Gasteiger charge is -2.23. The molecule has 2 N–H and O–H groups in total. The number of esters is 1. The van der Waals surface area contributed by atoms with Crippen molar-refractivity contribution in [1.82, 2.24) is 15.5 Å². The molecular formula is C27H43N3O8. The summed E-state index contributed by atoms with van der Waals surface area (Å²) in [5.74, 6) is -0.444. The van der Waals surface area contributed by atoms with Crippen LogP contribution in [-0.4, -0.2) is 73.6 Å². The van der Waals surface area contributed by atoms with Crippen LogP contribution in [0.25, 0.3) is 0 Å². The van der Waals surface area contributed by atoms with Crippen LogP contribution in [0.5, 0.6) is 0 Å². The highest BCUT2D eigenvalue weighted by Crippen LogP contribution is 2.10. The molecule has 11 nitrogen and oxygen atoms in total. The first-order valence-electron chi connectivity index (χ1n) is 12.7. The van der Waals surface area contributed by atoms with Crippen LogP contribution in [0.4, 0.5) is 14.4 Å². The summed E-state index contributed by atoms with van der Waals surface area (Å²) in [6.45, 7) is 12.3. The first kappa shape index (κ1) is 32.5. The van der Waals surface area contributed by atoms with E-state index >= 15 is 0 Å². The molecule has 0 saturated carbocycles. The van der Waals surface area contributed by atoms with Crippen LogP contribution < -0.4 is 10.6 Å². The summed E-state index contributed by atoms with van der Waals surface area (Å²) in [6.07, 6.45) is 0.250. The number of carbonyl (C=O) groups is 4. The SMILES string of the molecule is COC(=O)c1ccc(COC(=O)N(CCCCNC(=O)OC(C)(C)C)CCCNC(=O)OC(C)(C)C)cc1. The van der Waals surface area contributed by atoms with E-state index < -0.39 is 35.5 Å². The summed E-state index contributed by atoms with van der Waals surface area (Å²) < 4.78 is 20.6. The topological polar surface area (TPSA) is 132 Å². The number of hydrogen-bond acceptors (Lipinski definition) is 8. The predicted octanol–water partition coefficient (Wildman–Crippen LogP) is 4.63. The summed E-state index contributed by atoms with van der Waals surface area (Å²) >= 11 is 0. The molecule has 0 bridgehead atoms. The molecule has 11 heteroatoms. The maximum atomic E-state index is 12.8. The van der Waals surface area contributed by atoms with Crippen molar-refractivity contribution in [2.75, 3.05) is 33.3 Å². The van der Waals surface area contributed by atoms with Crippen molar-refractivity contribution >= 4 is 24.2 Å². The molecular weight excluding hydrogens is 494 g/mol. The van der Waals surface area contributed by atoms with E-state index in [9.17, 15) is 19.2 Å². The Labute approximate surface area is 225 Å². The van der Waals surface area contributed by atoms with E-state index in [0.29, 0.717) is 51.0 Å². The van der Waals surface area contributed by atoms with Crippen molar-refractivity contribution in [2.45, 2.75) is 78.6 Å². The summed E-state index contributed by atoms with van der Waals surface area (Å²) in [6, 6.07) is 6.59. The zero-order chi connectivity index (χ0) is 28.8. The summed E-state index contributed by atoms with van der Waals surface area (Å²) in [7, 11) is 1.31. The molecule has 0 aliphatic rings. The maximum Gasteiger partial charge on any atom is 0.410 e. The third-order valence-electron chi connectivity index (χ3n) is 4.79. The van der Waals surface area contributed by atoms with Gasteiger partial charge in [-0.05, 0) is 78.5 Å². The number of amides is 3. The Morgan fingerprint density at radius 2 is 1.26 bits per heavy atom. The molecule has 0 saturated heterocycles. The number of nitrogens with zero attached hydrogens (tertiary/aromatic N) is 1. The summed E-state index contributed by atoms with van der Waals surface area (Å²) in [5.41, 5.74) is -0.0410. The second-order valence-corrected chi connectivity index (χ2v) is 10.6. The average molecular weight is 538 g/mol. The van der Waals surface area contributed by atoms with E-state index in [1.807, 2.05) is 0 Å². The van der Waals surface area contributed by atoms with Gasteiger partial charge in [0.15, 0.2) is 0 Å². The van der Waals surface area contributed by atoms with Crippen LogP contribution in [0, 0.1) is 0 Å². The van der Waals surface area contributed by atoms with Gasteiger partial charge in [0.1, 0.15) is 17.8 Å². The molecule has 1 rings (SSSR count). The van der Waals surface area contributed by atoms with Gasteiger partial charge in [-0.1, -0.05) is 12.1 Å². The van der Waals surface area contributed by atoms with Crippen LogP contribution in [-0.2, 0) is 25.6 Å². The maximum absolute atomic E-state index is 12.8. The molecule has 1 aromatic rings. The number of alkyl carbamates (subject to hydrolysis) is 2. The lowest BCUT2D eigenvalue weighted by molar-refractivity contribution is 0.0511. The van der Waals surface area contributed by atoms with Gasteiger partial charge >= 0.3 is 24.2 Å². The van der Waals surface area contributed by atoms with Crippen LogP contribution in [0.2, 0.25) is 0 Å². The zero-order valence-electron chi connectivity index (χ0n) is 23.7. The number of rotatable bonds is 12. The third-order valence-corrected chi connectivity index (χ3v) is 4.79. The summed E-state index contributed by atoms with van der Waals surface area (Å²) in [5, 5.41) is 5.38. The molecule has 3 amide bonds.